The van der Waals surface area contributed by atoms with Gasteiger partial charge in [-0.1, -0.05) is 251 Å². The molecule has 0 bridgehead atoms. The van der Waals surface area contributed by atoms with Crippen molar-refractivity contribution in [3.05, 3.63) is 24.3 Å². The highest BCUT2D eigenvalue weighted by atomic mass is 16.5. The van der Waals surface area contributed by atoms with Gasteiger partial charge in [-0.05, 0) is 44.9 Å². The SMILES string of the molecule is CCCCCCCC/C=C\C/C=C/CCC(=O)OC(CCCCCCCCCCCCCCCC)CC(=O)NC(CO)C(O)CCCCCCCCCCCCCCCC. The first kappa shape index (κ1) is 58.3. The molecule has 0 aliphatic heterocycles. The zero-order valence-electron chi connectivity index (χ0n) is 40.4. The van der Waals surface area contributed by atoms with Gasteiger partial charge in [0.05, 0.1) is 25.2 Å². The fourth-order valence-corrected chi connectivity index (χ4v) is 8.25. The van der Waals surface area contributed by atoms with E-state index in [9.17, 15) is 19.8 Å². The number of hydrogen-bond donors (Lipinski definition) is 3. The van der Waals surface area contributed by atoms with Crippen LogP contribution in [0.4, 0.5) is 0 Å². The quantitative estimate of drug-likeness (QED) is 0.0322. The molecule has 6 nitrogen and oxygen atoms in total. The van der Waals surface area contributed by atoms with Crippen LogP contribution in [0.1, 0.15) is 284 Å². The second-order valence-electron chi connectivity index (χ2n) is 18.3. The van der Waals surface area contributed by atoms with Crippen LogP contribution in [0.2, 0.25) is 0 Å². The summed E-state index contributed by atoms with van der Waals surface area (Å²) in [5.74, 6) is -0.539. The van der Waals surface area contributed by atoms with Crippen molar-refractivity contribution in [2.24, 2.45) is 0 Å². The van der Waals surface area contributed by atoms with Crippen LogP contribution in [0, 0.1) is 0 Å². The average Bonchev–Trinajstić information content (AvgIpc) is 3.24. The van der Waals surface area contributed by atoms with E-state index >= 15 is 0 Å². The number of nitrogens with one attached hydrogen (secondary N) is 1. The minimum Gasteiger partial charge on any atom is -0.462 e. The minimum absolute atomic E-state index is 0.0610. The Labute approximate surface area is 373 Å². The zero-order chi connectivity index (χ0) is 43.8. The first-order valence-electron chi connectivity index (χ1n) is 26.6. The number of carbonyl (C=O) groups excluding carboxylic acids is 2. The lowest BCUT2D eigenvalue weighted by Gasteiger charge is -2.24. The predicted octanol–water partition coefficient (Wildman–Crippen LogP) is 15.9. The second kappa shape index (κ2) is 48.4. The number of ether oxygens (including phenoxy) is 1. The van der Waals surface area contributed by atoms with E-state index in [4.69, 9.17) is 4.74 Å². The predicted molar refractivity (Wildman–Crippen MR) is 260 cm³/mol. The smallest absolute Gasteiger partial charge is 0.306 e. The van der Waals surface area contributed by atoms with E-state index in [1.54, 1.807) is 0 Å². The van der Waals surface area contributed by atoms with Gasteiger partial charge in [0.1, 0.15) is 6.10 Å². The van der Waals surface area contributed by atoms with Crippen LogP contribution < -0.4 is 5.32 Å². The summed E-state index contributed by atoms with van der Waals surface area (Å²) in [6.07, 6.45) is 55.3. The molecule has 0 saturated carbocycles. The Hall–Kier alpha value is -1.66. The number of unbranched alkanes of at least 4 members (excludes halogenated alkanes) is 32. The molecule has 0 radical (unpaired) electrons. The van der Waals surface area contributed by atoms with Crippen molar-refractivity contribution in [3.8, 4) is 0 Å². The van der Waals surface area contributed by atoms with Crippen LogP contribution >= 0.6 is 0 Å². The van der Waals surface area contributed by atoms with Crippen LogP contribution in [0.25, 0.3) is 0 Å². The Kier molecular flexibility index (Phi) is 47.0. The van der Waals surface area contributed by atoms with Gasteiger partial charge >= 0.3 is 5.97 Å². The largest absolute Gasteiger partial charge is 0.462 e. The van der Waals surface area contributed by atoms with Gasteiger partial charge in [0.2, 0.25) is 5.91 Å². The third kappa shape index (κ3) is 43.0. The molecule has 6 heteroatoms. The molecule has 0 heterocycles. The Bertz CT molecular complexity index is 950. The van der Waals surface area contributed by atoms with Gasteiger partial charge in [-0.15, -0.1) is 0 Å². The van der Waals surface area contributed by atoms with Crippen LogP contribution in [0.5, 0.6) is 0 Å². The first-order chi connectivity index (χ1) is 29.5. The number of hydrogen-bond acceptors (Lipinski definition) is 5. The molecule has 60 heavy (non-hydrogen) atoms. The third-order valence-corrected chi connectivity index (χ3v) is 12.3. The summed E-state index contributed by atoms with van der Waals surface area (Å²) < 4.78 is 5.90. The monoisotopic (exact) mass is 846 g/mol. The van der Waals surface area contributed by atoms with Crippen LogP contribution in [0.15, 0.2) is 24.3 Å². The average molecular weight is 846 g/mol. The minimum atomic E-state index is -0.791. The van der Waals surface area contributed by atoms with E-state index in [0.717, 1.165) is 38.5 Å². The maximum Gasteiger partial charge on any atom is 0.306 e. The molecule has 0 rings (SSSR count). The number of esters is 1. The van der Waals surface area contributed by atoms with Gasteiger partial charge in [0.25, 0.3) is 0 Å². The van der Waals surface area contributed by atoms with E-state index in [-0.39, 0.29) is 24.9 Å². The molecule has 0 aromatic rings. The molecule has 0 aliphatic carbocycles. The molecule has 354 valence electrons. The molecule has 0 saturated heterocycles. The molecule has 0 aromatic heterocycles. The van der Waals surface area contributed by atoms with Crippen LogP contribution in [0.3, 0.4) is 0 Å². The molecule has 3 atom stereocenters. The van der Waals surface area contributed by atoms with Crippen molar-refractivity contribution < 1.29 is 24.5 Å². The van der Waals surface area contributed by atoms with Crippen LogP contribution in [-0.4, -0.2) is 46.9 Å². The van der Waals surface area contributed by atoms with Crippen LogP contribution in [-0.2, 0) is 14.3 Å². The third-order valence-electron chi connectivity index (χ3n) is 12.3. The number of carbonyl (C=O) groups is 2. The maximum atomic E-state index is 13.2. The lowest BCUT2D eigenvalue weighted by Crippen LogP contribution is -2.46. The summed E-state index contributed by atoms with van der Waals surface area (Å²) in [6, 6.07) is -0.707. The fourth-order valence-electron chi connectivity index (χ4n) is 8.25. The van der Waals surface area contributed by atoms with Gasteiger partial charge in [0.15, 0.2) is 0 Å². The molecule has 0 fully saturated rings. The van der Waals surface area contributed by atoms with E-state index < -0.39 is 18.2 Å². The summed E-state index contributed by atoms with van der Waals surface area (Å²) in [5.41, 5.74) is 0. The summed E-state index contributed by atoms with van der Waals surface area (Å²) in [6.45, 7) is 6.48. The second-order valence-corrected chi connectivity index (χ2v) is 18.3. The van der Waals surface area contributed by atoms with Crippen molar-refractivity contribution in [2.45, 2.75) is 302 Å². The van der Waals surface area contributed by atoms with E-state index in [0.29, 0.717) is 25.7 Å². The van der Waals surface area contributed by atoms with Gasteiger partial charge in [-0.2, -0.15) is 0 Å². The summed E-state index contributed by atoms with van der Waals surface area (Å²) in [7, 11) is 0. The van der Waals surface area contributed by atoms with Gasteiger partial charge < -0.3 is 20.3 Å². The number of amides is 1. The molecule has 3 N–H and O–H groups in total. The van der Waals surface area contributed by atoms with Crippen molar-refractivity contribution in [3.63, 3.8) is 0 Å². The Morgan fingerprint density at radius 3 is 1.27 bits per heavy atom. The normalized spacial score (nSPS) is 13.3. The fraction of sp³-hybridized carbons (Fsp3) is 0.889. The molecule has 3 unspecified atom stereocenters. The molecule has 0 aromatic carbocycles. The van der Waals surface area contributed by atoms with Gasteiger partial charge in [-0.25, -0.2) is 0 Å². The maximum absolute atomic E-state index is 13.2. The summed E-state index contributed by atoms with van der Waals surface area (Å²) in [5, 5.41) is 23.8. The Morgan fingerprint density at radius 2 is 0.850 bits per heavy atom. The Balaban J connectivity index is 4.59. The standard InChI is InChI=1S/C54H103NO5/c1-4-7-10-13-16-19-22-25-28-30-33-36-39-42-45-50(60-54(59)47-44-41-38-35-32-27-24-21-18-15-12-9-6-3)48-53(58)55-51(49-56)52(57)46-43-40-37-34-31-29-26-23-20-17-14-11-8-5-2/h27,32,38,41,50-52,56-57H,4-26,28-31,33-37,39-40,42-49H2,1-3H3,(H,55,58)/b32-27-,41-38+. The number of aliphatic hydroxyl groups excluding tert-OH is 2. The molecular weight excluding hydrogens is 743 g/mol. The van der Waals surface area contributed by atoms with Gasteiger partial charge in [0, 0.05) is 6.42 Å². The van der Waals surface area contributed by atoms with E-state index in [2.05, 4.69) is 50.4 Å². The first-order valence-corrected chi connectivity index (χ1v) is 26.6. The summed E-state index contributed by atoms with van der Waals surface area (Å²) >= 11 is 0. The molecular formula is C54H103NO5. The van der Waals surface area contributed by atoms with Crippen molar-refractivity contribution >= 4 is 11.9 Å². The summed E-state index contributed by atoms with van der Waals surface area (Å²) in [4.78, 5) is 26.1. The highest BCUT2D eigenvalue weighted by Gasteiger charge is 2.24. The number of allylic oxidation sites excluding steroid dienone is 4. The van der Waals surface area contributed by atoms with E-state index in [1.807, 2.05) is 0 Å². The molecule has 1 amide bonds. The topological polar surface area (TPSA) is 95.9 Å². The highest BCUT2D eigenvalue weighted by Crippen LogP contribution is 2.18. The highest BCUT2D eigenvalue weighted by molar-refractivity contribution is 5.77. The zero-order valence-corrected chi connectivity index (χ0v) is 40.4. The number of rotatable bonds is 48. The number of aliphatic hydroxyl groups is 2. The lowest BCUT2D eigenvalue weighted by atomic mass is 10.0. The molecule has 0 aliphatic rings. The van der Waals surface area contributed by atoms with Crippen molar-refractivity contribution in [1.82, 2.24) is 5.32 Å². The van der Waals surface area contributed by atoms with Gasteiger partial charge in [-0.3, -0.25) is 9.59 Å². The lowest BCUT2D eigenvalue weighted by molar-refractivity contribution is -0.150. The molecule has 0 spiro atoms. The van der Waals surface area contributed by atoms with E-state index in [1.165, 1.54) is 193 Å². The van der Waals surface area contributed by atoms with Crippen molar-refractivity contribution in [1.29, 1.82) is 0 Å². The Morgan fingerprint density at radius 1 is 0.483 bits per heavy atom. The van der Waals surface area contributed by atoms with Crippen molar-refractivity contribution in [2.75, 3.05) is 6.61 Å².